The van der Waals surface area contributed by atoms with Gasteiger partial charge in [0.2, 0.25) is 0 Å². The summed E-state index contributed by atoms with van der Waals surface area (Å²) in [4.78, 5) is 14.9. The molecule has 1 aromatic carbocycles. The van der Waals surface area contributed by atoms with E-state index in [-0.39, 0.29) is 0 Å². The first-order chi connectivity index (χ1) is 7.35. The minimum atomic E-state index is -0.769. The van der Waals surface area contributed by atoms with Crippen molar-refractivity contribution in [1.29, 1.82) is 5.26 Å². The number of carbonyl (C=O) groups is 1. The van der Waals surface area contributed by atoms with Gasteiger partial charge in [0.1, 0.15) is 12.2 Å². The normalized spacial score (nSPS) is 11.9. The van der Waals surface area contributed by atoms with E-state index in [4.69, 9.17) is 5.26 Å². The molecule has 2 rings (SSSR count). The lowest BCUT2D eigenvalue weighted by molar-refractivity contribution is -0.108. The molecular formula is C12H8N2O. The third-order valence-electron chi connectivity index (χ3n) is 2.21. The highest BCUT2D eigenvalue weighted by molar-refractivity contribution is 5.79. The van der Waals surface area contributed by atoms with Crippen LogP contribution in [0.5, 0.6) is 0 Å². The number of hydrogen-bond acceptors (Lipinski definition) is 3. The maximum atomic E-state index is 10.6. The number of carbonyl (C=O) groups excluding carboxylic acids is 1. The summed E-state index contributed by atoms with van der Waals surface area (Å²) in [5.41, 5.74) is 1.31. The van der Waals surface area contributed by atoms with Crippen molar-refractivity contribution in [2.75, 3.05) is 0 Å². The number of nitriles is 1. The third-order valence-corrected chi connectivity index (χ3v) is 2.21. The van der Waals surface area contributed by atoms with Crippen LogP contribution in [-0.4, -0.2) is 11.3 Å². The zero-order valence-electron chi connectivity index (χ0n) is 7.92. The lowest BCUT2D eigenvalue weighted by atomic mass is 10.1. The molecule has 1 heterocycles. The Balaban J connectivity index is 2.56. The van der Waals surface area contributed by atoms with Crippen molar-refractivity contribution < 1.29 is 4.79 Å². The molecule has 0 aliphatic carbocycles. The molecule has 72 valence electrons. The topological polar surface area (TPSA) is 53.8 Å². The number of aldehydes is 1. The average molecular weight is 196 g/mol. The molecule has 0 saturated carbocycles. The maximum Gasteiger partial charge on any atom is 0.144 e. The van der Waals surface area contributed by atoms with E-state index in [0.717, 1.165) is 10.9 Å². The number of para-hydroxylation sites is 1. The van der Waals surface area contributed by atoms with Crippen LogP contribution >= 0.6 is 0 Å². The molecule has 15 heavy (non-hydrogen) atoms. The standard InChI is InChI=1S/C12H8N2O/c13-7-10(8-15)12-6-5-9-3-1-2-4-11(9)14-12/h1-6,8,10H/t10-/m0/s1. The fourth-order valence-corrected chi connectivity index (χ4v) is 1.42. The molecule has 0 saturated heterocycles. The number of aromatic nitrogens is 1. The molecule has 0 fully saturated rings. The average Bonchev–Trinajstić information content (AvgIpc) is 2.30. The van der Waals surface area contributed by atoms with Crippen molar-refractivity contribution in [3.8, 4) is 6.07 Å². The van der Waals surface area contributed by atoms with Crippen molar-refractivity contribution >= 4 is 17.2 Å². The first-order valence-electron chi connectivity index (χ1n) is 4.56. The fraction of sp³-hybridized carbons (Fsp3) is 0.0833. The smallest absolute Gasteiger partial charge is 0.144 e. The van der Waals surface area contributed by atoms with E-state index in [0.29, 0.717) is 12.0 Å². The Kier molecular flexibility index (Phi) is 2.42. The van der Waals surface area contributed by atoms with Crippen molar-refractivity contribution in [2.24, 2.45) is 0 Å². The maximum absolute atomic E-state index is 10.6. The first-order valence-corrected chi connectivity index (χ1v) is 4.56. The number of rotatable bonds is 2. The summed E-state index contributed by atoms with van der Waals surface area (Å²) in [6, 6.07) is 13.1. The second kappa shape index (κ2) is 3.89. The molecule has 0 bridgehead atoms. The highest BCUT2D eigenvalue weighted by Gasteiger charge is 2.10. The van der Waals surface area contributed by atoms with Gasteiger partial charge < -0.3 is 4.79 Å². The molecule has 1 aromatic heterocycles. The lowest BCUT2D eigenvalue weighted by Crippen LogP contribution is -1.99. The van der Waals surface area contributed by atoms with E-state index in [2.05, 4.69) is 4.98 Å². The largest absolute Gasteiger partial charge is 0.301 e. The molecule has 0 spiro atoms. The van der Waals surface area contributed by atoms with Gasteiger partial charge in [0.05, 0.1) is 17.3 Å². The quantitative estimate of drug-likeness (QED) is 0.690. The van der Waals surface area contributed by atoms with Crippen molar-refractivity contribution in [2.45, 2.75) is 5.92 Å². The SMILES string of the molecule is N#C[C@@H](C=O)c1ccc2ccccc2n1. The molecular weight excluding hydrogens is 188 g/mol. The Hall–Kier alpha value is -2.21. The summed E-state index contributed by atoms with van der Waals surface area (Å²) in [7, 11) is 0. The second-order valence-corrected chi connectivity index (χ2v) is 3.17. The molecule has 2 aromatic rings. The Bertz CT molecular complexity index is 543. The van der Waals surface area contributed by atoms with Crippen molar-refractivity contribution in [1.82, 2.24) is 4.98 Å². The van der Waals surface area contributed by atoms with Gasteiger partial charge in [-0.15, -0.1) is 0 Å². The van der Waals surface area contributed by atoms with Crippen LogP contribution in [0.25, 0.3) is 10.9 Å². The second-order valence-electron chi connectivity index (χ2n) is 3.17. The van der Waals surface area contributed by atoms with Gasteiger partial charge in [-0.25, -0.2) is 0 Å². The van der Waals surface area contributed by atoms with Gasteiger partial charge in [-0.05, 0) is 12.1 Å². The minimum Gasteiger partial charge on any atom is -0.301 e. The van der Waals surface area contributed by atoms with Crippen LogP contribution in [0.15, 0.2) is 36.4 Å². The summed E-state index contributed by atoms with van der Waals surface area (Å²) in [6.07, 6.45) is 0.608. The van der Waals surface area contributed by atoms with Crippen molar-refractivity contribution in [3.63, 3.8) is 0 Å². The van der Waals surface area contributed by atoms with E-state index in [1.165, 1.54) is 0 Å². The Morgan fingerprint density at radius 3 is 2.80 bits per heavy atom. The van der Waals surface area contributed by atoms with Gasteiger partial charge in [0.15, 0.2) is 0 Å². The molecule has 0 unspecified atom stereocenters. The number of fused-ring (bicyclic) bond motifs is 1. The zero-order chi connectivity index (χ0) is 10.7. The summed E-state index contributed by atoms with van der Waals surface area (Å²) >= 11 is 0. The molecule has 0 amide bonds. The van der Waals surface area contributed by atoms with E-state index < -0.39 is 5.92 Å². The summed E-state index contributed by atoms with van der Waals surface area (Å²) in [5.74, 6) is -0.769. The molecule has 3 heteroatoms. The Labute approximate surface area is 87.0 Å². The van der Waals surface area contributed by atoms with Gasteiger partial charge in [-0.1, -0.05) is 24.3 Å². The van der Waals surface area contributed by atoms with E-state index in [1.54, 1.807) is 6.07 Å². The number of nitrogens with zero attached hydrogens (tertiary/aromatic N) is 2. The van der Waals surface area contributed by atoms with E-state index in [1.807, 2.05) is 36.4 Å². The van der Waals surface area contributed by atoms with Crippen LogP contribution in [0.4, 0.5) is 0 Å². The van der Waals surface area contributed by atoms with Crippen molar-refractivity contribution in [3.05, 3.63) is 42.1 Å². The Morgan fingerprint density at radius 2 is 2.07 bits per heavy atom. The van der Waals surface area contributed by atoms with Crippen LogP contribution in [0.1, 0.15) is 11.6 Å². The fourth-order valence-electron chi connectivity index (χ4n) is 1.42. The molecule has 0 radical (unpaired) electrons. The predicted molar refractivity (Wildman–Crippen MR) is 56.2 cm³/mol. The van der Waals surface area contributed by atoms with Crippen LogP contribution < -0.4 is 0 Å². The van der Waals surface area contributed by atoms with E-state index in [9.17, 15) is 4.79 Å². The van der Waals surface area contributed by atoms with Gasteiger partial charge in [0.25, 0.3) is 0 Å². The summed E-state index contributed by atoms with van der Waals surface area (Å²) in [5, 5.41) is 9.73. The van der Waals surface area contributed by atoms with Crippen LogP contribution in [-0.2, 0) is 4.79 Å². The first kappa shape index (κ1) is 9.35. The summed E-state index contributed by atoms with van der Waals surface area (Å²) in [6.45, 7) is 0. The van der Waals surface area contributed by atoms with Crippen LogP contribution in [0, 0.1) is 11.3 Å². The third kappa shape index (κ3) is 1.70. The van der Waals surface area contributed by atoms with Crippen LogP contribution in [0.2, 0.25) is 0 Å². The monoisotopic (exact) mass is 196 g/mol. The highest BCUT2D eigenvalue weighted by Crippen LogP contribution is 2.16. The molecule has 0 aliphatic rings. The number of benzene rings is 1. The molecule has 3 nitrogen and oxygen atoms in total. The molecule has 0 aliphatic heterocycles. The van der Waals surface area contributed by atoms with E-state index >= 15 is 0 Å². The molecule has 0 N–H and O–H groups in total. The van der Waals surface area contributed by atoms with Gasteiger partial charge in [0, 0.05) is 5.39 Å². The van der Waals surface area contributed by atoms with Gasteiger partial charge in [-0.2, -0.15) is 5.26 Å². The minimum absolute atomic E-state index is 0.506. The van der Waals surface area contributed by atoms with Gasteiger partial charge in [-0.3, -0.25) is 4.98 Å². The number of hydrogen-bond donors (Lipinski definition) is 0. The van der Waals surface area contributed by atoms with Gasteiger partial charge >= 0.3 is 0 Å². The molecule has 1 atom stereocenters. The lowest BCUT2D eigenvalue weighted by Gasteiger charge is -2.02. The van der Waals surface area contributed by atoms with Crippen LogP contribution in [0.3, 0.4) is 0 Å². The number of pyridine rings is 1. The Morgan fingerprint density at radius 1 is 1.27 bits per heavy atom. The summed E-state index contributed by atoms with van der Waals surface area (Å²) < 4.78 is 0. The highest BCUT2D eigenvalue weighted by atomic mass is 16.1. The zero-order valence-corrected chi connectivity index (χ0v) is 7.92. The predicted octanol–water partition coefficient (Wildman–Crippen LogP) is 2.04.